The van der Waals surface area contributed by atoms with Crippen molar-refractivity contribution in [2.24, 2.45) is 17.8 Å². The SMILES string of the molecule is CCc1ccc(N2C(=O)C3CC=C4C(CC5(Cl)C(=O)N(c6c(F)c(F)c(F)c(F)c6F)C(=O)C5(Cl)C4c4cccc(C)c4O)C3C2=O)cc1. The number of carbonyl (C=O) groups is 4. The van der Waals surface area contributed by atoms with Gasteiger partial charge >= 0.3 is 0 Å². The van der Waals surface area contributed by atoms with Gasteiger partial charge in [0, 0.05) is 11.5 Å². The van der Waals surface area contributed by atoms with Crippen molar-refractivity contribution in [1.29, 1.82) is 0 Å². The molecule has 0 bridgehead atoms. The average molecular weight is 719 g/mol. The number of para-hydroxylation sites is 1. The number of allylic oxidation sites excluding steroid dienone is 2. The van der Waals surface area contributed by atoms with Gasteiger partial charge in [-0.2, -0.15) is 0 Å². The Morgan fingerprint density at radius 2 is 1.43 bits per heavy atom. The minimum Gasteiger partial charge on any atom is -0.507 e. The third kappa shape index (κ3) is 4.19. The first-order valence-corrected chi connectivity index (χ1v) is 16.1. The Balaban J connectivity index is 1.43. The van der Waals surface area contributed by atoms with Gasteiger partial charge in [0.2, 0.25) is 17.6 Å². The Morgan fingerprint density at radius 1 is 0.816 bits per heavy atom. The second kappa shape index (κ2) is 11.1. The minimum absolute atomic E-state index is 0.0144. The number of fused-ring (bicyclic) bond motifs is 4. The molecule has 49 heavy (non-hydrogen) atoms. The molecule has 1 N–H and O–H groups in total. The van der Waals surface area contributed by atoms with Crippen molar-refractivity contribution in [3.05, 3.63) is 99.9 Å². The number of aromatic hydroxyl groups is 1. The lowest BCUT2D eigenvalue weighted by Crippen LogP contribution is -2.60. The van der Waals surface area contributed by atoms with Crippen molar-refractivity contribution in [1.82, 2.24) is 0 Å². The molecule has 2 saturated heterocycles. The molecule has 0 spiro atoms. The van der Waals surface area contributed by atoms with Gasteiger partial charge in [-0.05, 0) is 55.4 Å². The van der Waals surface area contributed by atoms with Crippen molar-refractivity contribution in [3.8, 4) is 5.75 Å². The number of halogens is 7. The third-order valence-electron chi connectivity index (χ3n) is 10.4. The zero-order valence-corrected chi connectivity index (χ0v) is 27.2. The summed E-state index contributed by atoms with van der Waals surface area (Å²) in [4.78, 5) is 52.0. The molecule has 2 aliphatic carbocycles. The highest BCUT2D eigenvalue weighted by atomic mass is 35.5. The van der Waals surface area contributed by atoms with E-state index in [-0.39, 0.29) is 28.2 Å². The van der Waals surface area contributed by atoms with Crippen LogP contribution in [0.5, 0.6) is 5.75 Å². The summed E-state index contributed by atoms with van der Waals surface area (Å²) >= 11 is 14.2. The average Bonchev–Trinajstić information content (AvgIpc) is 3.42. The van der Waals surface area contributed by atoms with E-state index in [0.717, 1.165) is 10.5 Å². The Kier molecular flexibility index (Phi) is 7.53. The molecule has 4 amide bonds. The van der Waals surface area contributed by atoms with E-state index < -0.39 is 98.2 Å². The number of anilines is 2. The number of nitrogens with zero attached hydrogens (tertiary/aromatic N) is 2. The largest absolute Gasteiger partial charge is 0.507 e. The molecule has 2 heterocycles. The summed E-state index contributed by atoms with van der Waals surface area (Å²) in [7, 11) is 0. The van der Waals surface area contributed by atoms with E-state index in [0.29, 0.717) is 17.7 Å². The van der Waals surface area contributed by atoms with E-state index in [1.165, 1.54) is 25.1 Å². The number of phenolic OH excluding ortho intramolecular Hbond substituents is 1. The van der Waals surface area contributed by atoms with Crippen molar-refractivity contribution >= 4 is 58.2 Å². The summed E-state index contributed by atoms with van der Waals surface area (Å²) in [5.41, 5.74) is -0.0867. The van der Waals surface area contributed by atoms with Crippen LogP contribution in [0.25, 0.3) is 0 Å². The fourth-order valence-corrected chi connectivity index (χ4v) is 8.89. The summed E-state index contributed by atoms with van der Waals surface area (Å²) in [5, 5.41) is 11.3. The quantitative estimate of drug-likeness (QED) is 0.0807. The van der Waals surface area contributed by atoms with E-state index in [1.807, 2.05) is 6.92 Å². The first-order valence-electron chi connectivity index (χ1n) is 15.3. The van der Waals surface area contributed by atoms with Gasteiger partial charge in [0.1, 0.15) is 11.4 Å². The summed E-state index contributed by atoms with van der Waals surface area (Å²) in [5.74, 6) is -21.7. The number of hydrogen-bond acceptors (Lipinski definition) is 5. The van der Waals surface area contributed by atoms with Crippen LogP contribution in [0.3, 0.4) is 0 Å². The van der Waals surface area contributed by atoms with Crippen LogP contribution >= 0.6 is 23.2 Å². The zero-order chi connectivity index (χ0) is 35.5. The second-order valence-corrected chi connectivity index (χ2v) is 14.0. The number of phenols is 1. The van der Waals surface area contributed by atoms with Gasteiger partial charge in [-0.25, -0.2) is 26.9 Å². The Hall–Kier alpha value is -4.29. The van der Waals surface area contributed by atoms with Crippen LogP contribution in [0, 0.1) is 53.8 Å². The molecule has 7 nitrogen and oxygen atoms in total. The summed E-state index contributed by atoms with van der Waals surface area (Å²) < 4.78 is 73.2. The molecule has 7 rings (SSSR count). The van der Waals surface area contributed by atoms with Gasteiger partial charge in [0.25, 0.3) is 11.8 Å². The molecule has 3 aromatic carbocycles. The topological polar surface area (TPSA) is 95.0 Å². The van der Waals surface area contributed by atoms with Gasteiger partial charge in [-0.1, -0.05) is 48.9 Å². The van der Waals surface area contributed by atoms with E-state index in [1.54, 1.807) is 30.3 Å². The van der Waals surface area contributed by atoms with E-state index in [4.69, 9.17) is 23.2 Å². The van der Waals surface area contributed by atoms with Crippen molar-refractivity contribution < 1.29 is 46.2 Å². The highest BCUT2D eigenvalue weighted by molar-refractivity contribution is 6.58. The smallest absolute Gasteiger partial charge is 0.258 e. The van der Waals surface area contributed by atoms with Crippen molar-refractivity contribution in [2.45, 2.75) is 48.8 Å². The number of benzene rings is 3. The molecular formula is C35H25Cl2F5N2O5. The molecule has 4 aliphatic rings. The van der Waals surface area contributed by atoms with E-state index >= 15 is 8.78 Å². The number of amides is 4. The molecular weight excluding hydrogens is 694 g/mol. The fourth-order valence-electron chi connectivity index (χ4n) is 7.96. The minimum atomic E-state index is -2.71. The van der Waals surface area contributed by atoms with E-state index in [2.05, 4.69) is 0 Å². The molecule has 3 fully saturated rings. The number of rotatable bonds is 4. The number of imide groups is 2. The lowest BCUT2D eigenvalue weighted by atomic mass is 9.56. The maximum atomic E-state index is 15.2. The number of carbonyl (C=O) groups excluding carboxylic acids is 4. The highest BCUT2D eigenvalue weighted by Crippen LogP contribution is 2.67. The van der Waals surface area contributed by atoms with E-state index in [9.17, 15) is 37.5 Å². The third-order valence-corrected chi connectivity index (χ3v) is 11.8. The summed E-state index contributed by atoms with van der Waals surface area (Å²) in [6.45, 7) is 3.47. The lowest BCUT2D eigenvalue weighted by Gasteiger charge is -2.50. The van der Waals surface area contributed by atoms with Crippen LogP contribution in [0.15, 0.2) is 54.1 Å². The molecule has 0 aromatic heterocycles. The molecule has 254 valence electrons. The van der Waals surface area contributed by atoms with Crippen LogP contribution in [0.1, 0.15) is 42.4 Å². The van der Waals surface area contributed by atoms with Crippen LogP contribution < -0.4 is 9.80 Å². The highest BCUT2D eigenvalue weighted by Gasteiger charge is 2.77. The molecule has 1 saturated carbocycles. The second-order valence-electron chi connectivity index (χ2n) is 12.7. The maximum Gasteiger partial charge on any atom is 0.258 e. The summed E-state index contributed by atoms with van der Waals surface area (Å²) in [6, 6.07) is 11.2. The standard InChI is InChI=1S/C35H25Cl2F5N2O5/c1-3-15-7-9-16(10-8-15)43-30(46)18-12-11-17-20(21(18)31(43)47)13-34(36)32(48)44(28-26(41)24(39)23(38)25(40)27(28)42)33(49)35(34,37)22(17)19-6-4-5-14(2)29(19)45/h4-11,18,20-22,45H,3,12-13H2,1-2H3. The molecule has 6 unspecified atom stereocenters. The van der Waals surface area contributed by atoms with Gasteiger partial charge < -0.3 is 5.11 Å². The Labute approximate surface area is 285 Å². The Morgan fingerprint density at radius 3 is 2.04 bits per heavy atom. The van der Waals surface area contributed by atoms with Gasteiger partial charge in [-0.3, -0.25) is 24.1 Å². The molecule has 0 radical (unpaired) electrons. The fraction of sp³-hybridized carbons (Fsp3) is 0.314. The van der Waals surface area contributed by atoms with Crippen LogP contribution in [0.2, 0.25) is 0 Å². The lowest BCUT2D eigenvalue weighted by molar-refractivity contribution is -0.125. The summed E-state index contributed by atoms with van der Waals surface area (Å²) in [6.07, 6.45) is 1.64. The zero-order valence-electron chi connectivity index (χ0n) is 25.7. The van der Waals surface area contributed by atoms with Crippen LogP contribution in [-0.2, 0) is 25.6 Å². The van der Waals surface area contributed by atoms with Crippen molar-refractivity contribution in [2.75, 3.05) is 9.80 Å². The molecule has 2 aliphatic heterocycles. The number of hydrogen-bond donors (Lipinski definition) is 1. The van der Waals surface area contributed by atoms with Gasteiger partial charge in [-0.15, -0.1) is 23.2 Å². The predicted octanol–water partition coefficient (Wildman–Crippen LogP) is 6.73. The normalized spacial score (nSPS) is 29.3. The Bertz CT molecular complexity index is 2030. The van der Waals surface area contributed by atoms with Gasteiger partial charge in [0.15, 0.2) is 33.0 Å². The molecule has 14 heteroatoms. The molecule has 6 atom stereocenters. The first-order chi connectivity index (χ1) is 23.1. The first kappa shape index (κ1) is 33.2. The number of alkyl halides is 2. The van der Waals surface area contributed by atoms with Gasteiger partial charge in [0.05, 0.1) is 17.5 Å². The van der Waals surface area contributed by atoms with Crippen molar-refractivity contribution in [3.63, 3.8) is 0 Å². The monoisotopic (exact) mass is 718 g/mol. The van der Waals surface area contributed by atoms with Crippen LogP contribution in [-0.4, -0.2) is 38.5 Å². The maximum absolute atomic E-state index is 15.2. The molecule has 3 aromatic rings. The predicted molar refractivity (Wildman–Crippen MR) is 168 cm³/mol. The van der Waals surface area contributed by atoms with Crippen LogP contribution in [0.4, 0.5) is 33.3 Å². The number of aryl methyl sites for hydroxylation is 2.